The van der Waals surface area contributed by atoms with Crippen molar-refractivity contribution in [1.82, 2.24) is 0 Å². The van der Waals surface area contributed by atoms with Crippen molar-refractivity contribution in [2.45, 2.75) is 5.37 Å². The Kier molecular flexibility index (Phi) is 5.99. The zero-order valence-electron chi connectivity index (χ0n) is 19.1. The molecule has 34 heavy (non-hydrogen) atoms. The van der Waals surface area contributed by atoms with Crippen LogP contribution in [0.3, 0.4) is 0 Å². The standard InChI is InChI=1S/C28H25N3O2S/c1-30(2)22-13-15-23(16-14-22)31-26(32)18-34-28(31)20-9-5-10-21(17-20)29-27(33)25-12-6-8-19-7-3-4-11-24(19)25/h3-17,28H,18H2,1-2H3,(H,29,33)/t28-/m1/s1. The summed E-state index contributed by atoms with van der Waals surface area (Å²) in [5, 5.41) is 4.84. The molecule has 1 saturated heterocycles. The van der Waals surface area contributed by atoms with Crippen molar-refractivity contribution in [3.63, 3.8) is 0 Å². The number of rotatable bonds is 5. The van der Waals surface area contributed by atoms with E-state index >= 15 is 0 Å². The number of nitrogens with one attached hydrogen (secondary N) is 1. The van der Waals surface area contributed by atoms with E-state index in [9.17, 15) is 9.59 Å². The Bertz CT molecular complexity index is 1360. The van der Waals surface area contributed by atoms with Crippen LogP contribution in [0, 0.1) is 0 Å². The number of anilines is 3. The van der Waals surface area contributed by atoms with Gasteiger partial charge in [0.05, 0.1) is 5.75 Å². The zero-order valence-corrected chi connectivity index (χ0v) is 19.9. The maximum atomic E-state index is 13.1. The molecule has 0 radical (unpaired) electrons. The van der Waals surface area contributed by atoms with Crippen LogP contribution in [0.25, 0.3) is 10.8 Å². The lowest BCUT2D eigenvalue weighted by Crippen LogP contribution is -2.27. The lowest BCUT2D eigenvalue weighted by molar-refractivity contribution is -0.115. The van der Waals surface area contributed by atoms with Gasteiger partial charge in [-0.2, -0.15) is 0 Å². The van der Waals surface area contributed by atoms with Gasteiger partial charge in [-0.05, 0) is 58.8 Å². The van der Waals surface area contributed by atoms with E-state index in [1.165, 1.54) is 0 Å². The number of thioether (sulfide) groups is 1. The van der Waals surface area contributed by atoms with E-state index in [0.717, 1.165) is 27.7 Å². The first kappa shape index (κ1) is 22.0. The largest absolute Gasteiger partial charge is 0.378 e. The molecule has 0 saturated carbocycles. The maximum Gasteiger partial charge on any atom is 0.256 e. The van der Waals surface area contributed by atoms with Gasteiger partial charge in [-0.25, -0.2) is 0 Å². The second-order valence-electron chi connectivity index (χ2n) is 8.44. The first-order valence-corrected chi connectivity index (χ1v) is 12.2. The molecule has 4 aromatic rings. The van der Waals surface area contributed by atoms with E-state index in [1.807, 2.05) is 115 Å². The molecule has 1 heterocycles. The number of benzene rings is 4. The molecule has 5 rings (SSSR count). The van der Waals surface area contributed by atoms with Crippen LogP contribution in [-0.4, -0.2) is 31.7 Å². The van der Waals surface area contributed by atoms with Gasteiger partial charge in [0.2, 0.25) is 5.91 Å². The molecule has 5 nitrogen and oxygen atoms in total. The minimum Gasteiger partial charge on any atom is -0.378 e. The molecule has 0 aromatic heterocycles. The molecule has 1 N–H and O–H groups in total. The minimum atomic E-state index is -0.153. The van der Waals surface area contributed by atoms with Crippen LogP contribution in [-0.2, 0) is 4.79 Å². The van der Waals surface area contributed by atoms with Gasteiger partial charge >= 0.3 is 0 Å². The topological polar surface area (TPSA) is 52.6 Å². The van der Waals surface area contributed by atoms with E-state index in [2.05, 4.69) is 5.32 Å². The molecule has 0 unspecified atom stereocenters. The van der Waals surface area contributed by atoms with Gasteiger partial charge in [0, 0.05) is 36.7 Å². The van der Waals surface area contributed by atoms with Crippen molar-refractivity contribution in [1.29, 1.82) is 0 Å². The van der Waals surface area contributed by atoms with Gasteiger partial charge in [-0.15, -0.1) is 11.8 Å². The number of carbonyl (C=O) groups is 2. The molecule has 6 heteroatoms. The lowest BCUT2D eigenvalue weighted by Gasteiger charge is -2.25. The fourth-order valence-corrected chi connectivity index (χ4v) is 5.42. The molecule has 1 atom stereocenters. The third kappa shape index (κ3) is 4.24. The summed E-state index contributed by atoms with van der Waals surface area (Å²) in [6, 6.07) is 29.4. The first-order chi connectivity index (χ1) is 16.5. The first-order valence-electron chi connectivity index (χ1n) is 11.1. The van der Waals surface area contributed by atoms with E-state index in [-0.39, 0.29) is 17.2 Å². The number of hydrogen-bond acceptors (Lipinski definition) is 4. The Morgan fingerprint density at radius 2 is 1.68 bits per heavy atom. The van der Waals surface area contributed by atoms with Crippen LogP contribution in [0.4, 0.5) is 17.1 Å². The summed E-state index contributed by atoms with van der Waals surface area (Å²) in [6.07, 6.45) is 0. The highest BCUT2D eigenvalue weighted by Gasteiger charge is 2.34. The highest BCUT2D eigenvalue weighted by molar-refractivity contribution is 8.00. The molecular weight excluding hydrogens is 442 g/mol. The summed E-state index contributed by atoms with van der Waals surface area (Å²) in [5.41, 5.74) is 4.27. The zero-order chi connectivity index (χ0) is 23.7. The summed E-state index contributed by atoms with van der Waals surface area (Å²) in [5.74, 6) is 0.352. The van der Waals surface area contributed by atoms with Gasteiger partial charge in [0.25, 0.3) is 5.91 Å². The average Bonchev–Trinajstić information content (AvgIpc) is 3.25. The minimum absolute atomic E-state index is 0.0813. The van der Waals surface area contributed by atoms with Crippen molar-refractivity contribution >= 4 is 51.4 Å². The summed E-state index contributed by atoms with van der Waals surface area (Å²) < 4.78 is 0. The Morgan fingerprint density at radius 1 is 0.941 bits per heavy atom. The molecule has 2 amide bonds. The molecule has 1 aliphatic rings. The third-order valence-electron chi connectivity index (χ3n) is 5.98. The number of hydrogen-bond donors (Lipinski definition) is 1. The Morgan fingerprint density at radius 3 is 2.47 bits per heavy atom. The third-order valence-corrected chi connectivity index (χ3v) is 7.19. The molecule has 170 valence electrons. The predicted molar refractivity (Wildman–Crippen MR) is 142 cm³/mol. The Balaban J connectivity index is 1.41. The predicted octanol–water partition coefficient (Wildman–Crippen LogP) is 5.94. The fourth-order valence-electron chi connectivity index (χ4n) is 4.25. The van der Waals surface area contributed by atoms with E-state index < -0.39 is 0 Å². The van der Waals surface area contributed by atoms with Crippen LogP contribution in [0.1, 0.15) is 21.3 Å². The quantitative estimate of drug-likeness (QED) is 0.395. The summed E-state index contributed by atoms with van der Waals surface area (Å²) in [6.45, 7) is 0. The van der Waals surface area contributed by atoms with Crippen molar-refractivity contribution in [2.24, 2.45) is 0 Å². The maximum absolute atomic E-state index is 13.1. The van der Waals surface area contributed by atoms with Gasteiger partial charge < -0.3 is 10.2 Å². The van der Waals surface area contributed by atoms with Crippen molar-refractivity contribution < 1.29 is 9.59 Å². The van der Waals surface area contributed by atoms with Gasteiger partial charge in [-0.1, -0.05) is 48.5 Å². The van der Waals surface area contributed by atoms with Crippen LogP contribution in [0.15, 0.2) is 91.0 Å². The molecule has 0 spiro atoms. The Labute approximate surface area is 203 Å². The molecular formula is C28H25N3O2S. The van der Waals surface area contributed by atoms with Gasteiger partial charge in [-0.3, -0.25) is 14.5 Å². The monoisotopic (exact) mass is 467 g/mol. The SMILES string of the molecule is CN(C)c1ccc(N2C(=O)CS[C@@H]2c2cccc(NC(=O)c3cccc4ccccc34)c2)cc1. The van der Waals surface area contributed by atoms with Crippen LogP contribution in [0.2, 0.25) is 0 Å². The lowest BCUT2D eigenvalue weighted by atomic mass is 10.0. The summed E-state index contributed by atoms with van der Waals surface area (Å²) in [4.78, 5) is 29.7. The molecule has 0 aliphatic carbocycles. The molecule has 1 fully saturated rings. The highest BCUT2D eigenvalue weighted by atomic mass is 32.2. The fraction of sp³-hybridized carbons (Fsp3) is 0.143. The number of carbonyl (C=O) groups excluding carboxylic acids is 2. The highest BCUT2D eigenvalue weighted by Crippen LogP contribution is 2.42. The normalized spacial score (nSPS) is 15.5. The molecule has 0 bridgehead atoms. The number of amides is 2. The molecule has 4 aromatic carbocycles. The van der Waals surface area contributed by atoms with E-state index in [4.69, 9.17) is 0 Å². The van der Waals surface area contributed by atoms with Crippen LogP contribution < -0.4 is 15.1 Å². The van der Waals surface area contributed by atoms with Crippen molar-refractivity contribution in [3.05, 3.63) is 102 Å². The average molecular weight is 468 g/mol. The number of fused-ring (bicyclic) bond motifs is 1. The number of nitrogens with zero attached hydrogens (tertiary/aromatic N) is 2. The van der Waals surface area contributed by atoms with Gasteiger partial charge in [0.1, 0.15) is 5.37 Å². The Hall–Kier alpha value is -3.77. The summed E-state index contributed by atoms with van der Waals surface area (Å²) in [7, 11) is 3.99. The van der Waals surface area contributed by atoms with Crippen molar-refractivity contribution in [2.75, 3.05) is 35.0 Å². The second-order valence-corrected chi connectivity index (χ2v) is 9.51. The summed E-state index contributed by atoms with van der Waals surface area (Å²) >= 11 is 1.60. The smallest absolute Gasteiger partial charge is 0.256 e. The van der Waals surface area contributed by atoms with Crippen LogP contribution >= 0.6 is 11.8 Å². The second kappa shape index (κ2) is 9.23. The van der Waals surface area contributed by atoms with E-state index in [0.29, 0.717) is 17.0 Å². The van der Waals surface area contributed by atoms with Gasteiger partial charge in [0.15, 0.2) is 0 Å². The van der Waals surface area contributed by atoms with E-state index in [1.54, 1.807) is 11.8 Å². The molecule has 1 aliphatic heterocycles. The van der Waals surface area contributed by atoms with Crippen molar-refractivity contribution in [3.8, 4) is 0 Å². The van der Waals surface area contributed by atoms with Crippen LogP contribution in [0.5, 0.6) is 0 Å².